The number of rotatable bonds is 12. The lowest BCUT2D eigenvalue weighted by atomic mass is 10.0. The molecule has 2 unspecified atom stereocenters. The lowest BCUT2D eigenvalue weighted by Crippen LogP contribution is -2.42. The lowest BCUT2D eigenvalue weighted by Gasteiger charge is -2.35. The van der Waals surface area contributed by atoms with Crippen molar-refractivity contribution in [1.29, 1.82) is 0 Å². The molecule has 0 aliphatic carbocycles. The van der Waals surface area contributed by atoms with E-state index in [1.807, 2.05) is 24.3 Å². The molecule has 9 nitrogen and oxygen atoms in total. The molecule has 2 aliphatic heterocycles. The molecule has 9 heteroatoms. The van der Waals surface area contributed by atoms with Crippen molar-refractivity contribution in [2.45, 2.75) is 57.3 Å². The second kappa shape index (κ2) is 12.8. The molecular weight excluding hydrogens is 486 g/mol. The van der Waals surface area contributed by atoms with Gasteiger partial charge in [-0.3, -0.25) is 14.5 Å². The zero-order chi connectivity index (χ0) is 27.1. The van der Waals surface area contributed by atoms with E-state index in [-0.39, 0.29) is 24.3 Å². The summed E-state index contributed by atoms with van der Waals surface area (Å²) in [4.78, 5) is 40.2. The van der Waals surface area contributed by atoms with E-state index < -0.39 is 6.04 Å². The van der Waals surface area contributed by atoms with Gasteiger partial charge in [-0.1, -0.05) is 12.5 Å². The topological polar surface area (TPSA) is 97.4 Å². The number of piperidine rings is 1. The Balaban J connectivity index is 1.39. The molecule has 0 radical (unpaired) electrons. The van der Waals surface area contributed by atoms with E-state index in [1.54, 1.807) is 27.3 Å². The first kappa shape index (κ1) is 27.4. The molecule has 1 N–H and O–H groups in total. The Hall–Kier alpha value is -3.59. The van der Waals surface area contributed by atoms with Crippen molar-refractivity contribution >= 4 is 18.1 Å². The number of fused-ring (bicyclic) bond motifs is 1. The van der Waals surface area contributed by atoms with Gasteiger partial charge in [-0.15, -0.1) is 0 Å². The third kappa shape index (κ3) is 6.27. The van der Waals surface area contributed by atoms with Gasteiger partial charge in [0.05, 0.1) is 20.3 Å². The van der Waals surface area contributed by atoms with Gasteiger partial charge in [-0.25, -0.2) is 0 Å². The molecule has 2 aromatic rings. The molecule has 2 heterocycles. The lowest BCUT2D eigenvalue weighted by molar-refractivity contribution is -0.121. The number of hydrogen-bond donors (Lipinski definition) is 1. The molecule has 1 saturated heterocycles. The van der Waals surface area contributed by atoms with Crippen LogP contribution < -0.4 is 19.5 Å². The third-order valence-corrected chi connectivity index (χ3v) is 7.47. The van der Waals surface area contributed by atoms with E-state index >= 15 is 0 Å². The average molecular weight is 524 g/mol. The van der Waals surface area contributed by atoms with Crippen molar-refractivity contribution in [3.63, 3.8) is 0 Å². The molecule has 0 aromatic heterocycles. The Labute approximate surface area is 224 Å². The molecule has 0 spiro atoms. The minimum Gasteiger partial charge on any atom is -0.497 e. The van der Waals surface area contributed by atoms with E-state index in [4.69, 9.17) is 14.2 Å². The van der Waals surface area contributed by atoms with E-state index in [0.717, 1.165) is 61.3 Å². The van der Waals surface area contributed by atoms with E-state index in [9.17, 15) is 14.4 Å². The number of likely N-dealkylation sites (tertiary alicyclic amines) is 1. The number of benzene rings is 2. The molecule has 1 fully saturated rings. The van der Waals surface area contributed by atoms with Crippen LogP contribution in [0, 0.1) is 0 Å². The van der Waals surface area contributed by atoms with Crippen molar-refractivity contribution in [3.8, 4) is 17.2 Å². The summed E-state index contributed by atoms with van der Waals surface area (Å²) in [6.45, 7) is 2.62. The van der Waals surface area contributed by atoms with Crippen LogP contribution in [-0.4, -0.2) is 74.4 Å². The summed E-state index contributed by atoms with van der Waals surface area (Å²) >= 11 is 0. The van der Waals surface area contributed by atoms with Gasteiger partial charge in [0.2, 0.25) is 5.91 Å². The molecule has 2 aromatic carbocycles. The highest BCUT2D eigenvalue weighted by Gasteiger charge is 2.33. The summed E-state index contributed by atoms with van der Waals surface area (Å²) < 4.78 is 17.2. The standard InChI is InChI=1S/C29H37N3O6/c1-30-28(34)12-8-22(18-33)32-17-21-14-25(10-11-26(21)29(32)35)38-19-23-6-4-5-13-31(23)16-20-7-9-24(36-2)15-27(20)37-3/h7,9-11,14-15,18,22-23H,4-6,8,12-13,16-17,19H2,1-3H3,(H,30,34). The SMILES string of the molecule is CNC(=O)CCC(C=O)N1Cc2cc(OCC3CCCCN3Cc3ccc(OC)cc3OC)ccc2C1=O. The van der Waals surface area contributed by atoms with Gasteiger partial charge in [0, 0.05) is 49.8 Å². The minimum absolute atomic E-state index is 0.154. The number of ether oxygens (including phenoxy) is 3. The van der Waals surface area contributed by atoms with Crippen LogP contribution in [0.15, 0.2) is 36.4 Å². The maximum absolute atomic E-state index is 12.9. The third-order valence-electron chi connectivity index (χ3n) is 7.47. The van der Waals surface area contributed by atoms with Gasteiger partial charge < -0.3 is 29.2 Å². The summed E-state index contributed by atoms with van der Waals surface area (Å²) in [6.07, 6.45) is 4.57. The fourth-order valence-corrected chi connectivity index (χ4v) is 5.23. The Morgan fingerprint density at radius 3 is 2.68 bits per heavy atom. The Kier molecular flexibility index (Phi) is 9.23. The number of aldehydes is 1. The first-order chi connectivity index (χ1) is 18.5. The summed E-state index contributed by atoms with van der Waals surface area (Å²) in [5, 5.41) is 2.55. The quantitative estimate of drug-likeness (QED) is 0.427. The van der Waals surface area contributed by atoms with Gasteiger partial charge in [0.15, 0.2) is 0 Å². The molecule has 0 saturated carbocycles. The number of amides is 2. The van der Waals surface area contributed by atoms with Crippen LogP contribution in [-0.2, 0) is 22.7 Å². The van der Waals surface area contributed by atoms with Crippen LogP contribution in [0.3, 0.4) is 0 Å². The number of carbonyl (C=O) groups excluding carboxylic acids is 3. The van der Waals surface area contributed by atoms with Gasteiger partial charge in [0.25, 0.3) is 5.91 Å². The first-order valence-corrected chi connectivity index (χ1v) is 13.1. The van der Waals surface area contributed by atoms with Crippen LogP contribution in [0.2, 0.25) is 0 Å². The highest BCUT2D eigenvalue weighted by Crippen LogP contribution is 2.31. The predicted molar refractivity (Wildman–Crippen MR) is 143 cm³/mol. The normalized spacial score (nSPS) is 18.0. The van der Waals surface area contributed by atoms with Gasteiger partial charge in [-0.2, -0.15) is 0 Å². The maximum Gasteiger partial charge on any atom is 0.255 e. The second-order valence-electron chi connectivity index (χ2n) is 9.78. The van der Waals surface area contributed by atoms with E-state index in [2.05, 4.69) is 16.3 Å². The molecule has 2 atom stereocenters. The van der Waals surface area contributed by atoms with Crippen molar-refractivity contribution in [2.24, 2.45) is 0 Å². The van der Waals surface area contributed by atoms with Crippen LogP contribution in [0.1, 0.15) is 53.6 Å². The largest absolute Gasteiger partial charge is 0.497 e. The number of carbonyl (C=O) groups is 3. The zero-order valence-electron chi connectivity index (χ0n) is 22.4. The predicted octanol–water partition coefficient (Wildman–Crippen LogP) is 3.19. The smallest absolute Gasteiger partial charge is 0.255 e. The fraction of sp³-hybridized carbons (Fsp3) is 0.483. The monoisotopic (exact) mass is 523 g/mol. The molecule has 38 heavy (non-hydrogen) atoms. The van der Waals surface area contributed by atoms with Gasteiger partial charge >= 0.3 is 0 Å². The summed E-state index contributed by atoms with van der Waals surface area (Å²) in [7, 11) is 4.88. The maximum atomic E-state index is 12.9. The van der Waals surface area contributed by atoms with Crippen molar-refractivity contribution in [3.05, 3.63) is 53.1 Å². The molecule has 2 aliphatic rings. The highest BCUT2D eigenvalue weighted by atomic mass is 16.5. The van der Waals surface area contributed by atoms with Crippen LogP contribution in [0.4, 0.5) is 0 Å². The number of nitrogens with one attached hydrogen (secondary N) is 1. The molecule has 0 bridgehead atoms. The van der Waals surface area contributed by atoms with E-state index in [1.165, 1.54) is 4.90 Å². The highest BCUT2D eigenvalue weighted by molar-refractivity contribution is 5.99. The van der Waals surface area contributed by atoms with E-state index in [0.29, 0.717) is 30.9 Å². The van der Waals surface area contributed by atoms with Crippen LogP contribution >= 0.6 is 0 Å². The van der Waals surface area contributed by atoms with Crippen molar-refractivity contribution < 1.29 is 28.6 Å². The van der Waals surface area contributed by atoms with Gasteiger partial charge in [0.1, 0.15) is 30.1 Å². The van der Waals surface area contributed by atoms with Gasteiger partial charge in [-0.05, 0) is 55.6 Å². The summed E-state index contributed by atoms with van der Waals surface area (Å²) in [6, 6.07) is 11.0. The first-order valence-electron chi connectivity index (χ1n) is 13.1. The molecule has 4 rings (SSSR count). The molecule has 204 valence electrons. The van der Waals surface area contributed by atoms with Crippen LogP contribution in [0.5, 0.6) is 17.2 Å². The Bertz CT molecular complexity index is 1150. The van der Waals surface area contributed by atoms with Crippen molar-refractivity contribution in [2.75, 3.05) is 34.4 Å². The molecule has 2 amide bonds. The molecular formula is C29H37N3O6. The zero-order valence-corrected chi connectivity index (χ0v) is 22.4. The minimum atomic E-state index is -0.637. The summed E-state index contributed by atoms with van der Waals surface area (Å²) in [5.41, 5.74) is 2.52. The Morgan fingerprint density at radius 1 is 1.13 bits per heavy atom. The average Bonchev–Trinajstić information content (AvgIpc) is 3.28. The number of nitrogens with zero attached hydrogens (tertiary/aromatic N) is 2. The Morgan fingerprint density at radius 2 is 1.95 bits per heavy atom. The fourth-order valence-electron chi connectivity index (χ4n) is 5.23. The summed E-state index contributed by atoms with van der Waals surface area (Å²) in [5.74, 6) is 1.94. The number of hydrogen-bond acceptors (Lipinski definition) is 7. The van der Waals surface area contributed by atoms with Crippen molar-refractivity contribution in [1.82, 2.24) is 15.1 Å². The van der Waals surface area contributed by atoms with Crippen LogP contribution in [0.25, 0.3) is 0 Å². The number of methoxy groups -OCH3 is 2. The second-order valence-corrected chi connectivity index (χ2v) is 9.78.